The van der Waals surface area contributed by atoms with Gasteiger partial charge in [-0.3, -0.25) is 9.69 Å². The predicted octanol–water partition coefficient (Wildman–Crippen LogP) is 3.72. The van der Waals surface area contributed by atoms with Crippen LogP contribution < -0.4 is 4.72 Å². The van der Waals surface area contributed by atoms with E-state index in [0.29, 0.717) is 5.56 Å². The van der Waals surface area contributed by atoms with Crippen LogP contribution in [-0.2, 0) is 23.1 Å². The van der Waals surface area contributed by atoms with Crippen LogP contribution in [0.1, 0.15) is 47.2 Å². The molecule has 0 saturated carbocycles. The van der Waals surface area contributed by atoms with Gasteiger partial charge in [0.15, 0.2) is 0 Å². The summed E-state index contributed by atoms with van der Waals surface area (Å²) in [6, 6.07) is 12.9. The van der Waals surface area contributed by atoms with Gasteiger partial charge in [0, 0.05) is 31.1 Å². The molecule has 1 N–H and O–H groups in total. The summed E-state index contributed by atoms with van der Waals surface area (Å²) in [7, 11) is -3.75. The highest BCUT2D eigenvalue weighted by molar-refractivity contribution is 7.98. The zero-order valence-corrected chi connectivity index (χ0v) is 20.2. The van der Waals surface area contributed by atoms with Crippen molar-refractivity contribution in [2.24, 2.45) is 0 Å². The normalized spacial score (nSPS) is 17.2. The Bertz CT molecular complexity index is 1060. The number of thioether (sulfide) groups is 1. The highest BCUT2D eigenvalue weighted by atomic mass is 32.2. The van der Waals surface area contributed by atoms with Crippen LogP contribution in [0.2, 0.25) is 0 Å². The minimum Gasteiger partial charge on any atom is -0.339 e. The van der Waals surface area contributed by atoms with Gasteiger partial charge in [0.1, 0.15) is 0 Å². The number of rotatable bonds is 8. The van der Waals surface area contributed by atoms with E-state index >= 15 is 0 Å². The van der Waals surface area contributed by atoms with Crippen molar-refractivity contribution in [3.8, 4) is 0 Å². The van der Waals surface area contributed by atoms with Gasteiger partial charge in [0.05, 0.1) is 10.5 Å². The molecule has 2 aliphatic rings. The summed E-state index contributed by atoms with van der Waals surface area (Å²) in [5.41, 5.74) is 2.61. The molecule has 0 bridgehead atoms. The number of benzene rings is 2. The van der Waals surface area contributed by atoms with E-state index in [0.717, 1.165) is 61.6 Å². The quantitative estimate of drug-likeness (QED) is 0.592. The first-order valence-corrected chi connectivity index (χ1v) is 13.9. The number of likely N-dealkylation sites (tertiary alicyclic amines) is 2. The van der Waals surface area contributed by atoms with E-state index in [-0.39, 0.29) is 17.3 Å². The number of hydrogen-bond donors (Lipinski definition) is 1. The molecule has 2 aromatic rings. The maximum Gasteiger partial charge on any atom is 0.255 e. The van der Waals surface area contributed by atoms with Gasteiger partial charge in [0.2, 0.25) is 10.0 Å². The van der Waals surface area contributed by atoms with Gasteiger partial charge in [-0.15, -0.1) is 11.8 Å². The molecule has 0 spiro atoms. The smallest absolute Gasteiger partial charge is 0.255 e. The molecule has 0 aromatic heterocycles. The Morgan fingerprint density at radius 1 is 0.969 bits per heavy atom. The molecule has 0 aliphatic carbocycles. The monoisotopic (exact) mass is 473 g/mol. The van der Waals surface area contributed by atoms with Crippen LogP contribution >= 0.6 is 11.8 Å². The fourth-order valence-electron chi connectivity index (χ4n) is 4.43. The Labute approximate surface area is 195 Å². The summed E-state index contributed by atoms with van der Waals surface area (Å²) in [5, 5.41) is 0. The second-order valence-corrected chi connectivity index (χ2v) is 11.1. The first-order valence-electron chi connectivity index (χ1n) is 11.2. The first kappa shape index (κ1) is 23.3. The molecule has 2 saturated heterocycles. The SMILES string of the molecule is CSc1ccc(S(=O)(=O)NCc2ccccc2CN2CCCC2)cc1C(=O)N1CCCC1. The minimum absolute atomic E-state index is 0.0835. The molecule has 2 heterocycles. The Kier molecular flexibility index (Phi) is 7.55. The van der Waals surface area contributed by atoms with Crippen molar-refractivity contribution in [3.63, 3.8) is 0 Å². The largest absolute Gasteiger partial charge is 0.339 e. The average molecular weight is 474 g/mol. The molecule has 172 valence electrons. The summed E-state index contributed by atoms with van der Waals surface area (Å²) >= 11 is 1.46. The standard InChI is InChI=1S/C24H31N3O3S2/c1-31-23-11-10-21(16-22(23)24(28)27-14-6-7-15-27)32(29,30)25-17-19-8-2-3-9-20(19)18-26-12-4-5-13-26/h2-3,8-11,16,25H,4-7,12-15,17-18H2,1H3. The van der Waals surface area contributed by atoms with Gasteiger partial charge >= 0.3 is 0 Å². The van der Waals surface area contributed by atoms with E-state index in [1.54, 1.807) is 12.1 Å². The molecule has 0 atom stereocenters. The topological polar surface area (TPSA) is 69.7 Å². The molecular formula is C24H31N3O3S2. The molecule has 32 heavy (non-hydrogen) atoms. The van der Waals surface area contributed by atoms with Crippen LogP contribution in [0.3, 0.4) is 0 Å². The molecule has 0 radical (unpaired) electrons. The van der Waals surface area contributed by atoms with Gasteiger partial charge < -0.3 is 4.90 Å². The van der Waals surface area contributed by atoms with Crippen molar-refractivity contribution in [2.45, 2.75) is 48.6 Å². The fourth-order valence-corrected chi connectivity index (χ4v) is 6.04. The lowest BCUT2D eigenvalue weighted by Gasteiger charge is -2.19. The lowest BCUT2D eigenvalue weighted by Crippen LogP contribution is -2.29. The Morgan fingerprint density at radius 3 is 2.31 bits per heavy atom. The Balaban J connectivity index is 1.51. The second kappa shape index (κ2) is 10.4. The van der Waals surface area contributed by atoms with Gasteiger partial charge in [-0.05, 0) is 74.4 Å². The van der Waals surface area contributed by atoms with Crippen LogP contribution in [0.15, 0.2) is 52.3 Å². The average Bonchev–Trinajstić information content (AvgIpc) is 3.52. The highest BCUT2D eigenvalue weighted by Crippen LogP contribution is 2.26. The molecular weight excluding hydrogens is 442 g/mol. The highest BCUT2D eigenvalue weighted by Gasteiger charge is 2.24. The number of carbonyl (C=O) groups excluding carboxylic acids is 1. The van der Waals surface area contributed by atoms with E-state index in [4.69, 9.17) is 0 Å². The Morgan fingerprint density at radius 2 is 1.62 bits per heavy atom. The number of hydrogen-bond acceptors (Lipinski definition) is 5. The van der Waals surface area contributed by atoms with Gasteiger partial charge in [-0.2, -0.15) is 0 Å². The second-order valence-electron chi connectivity index (χ2n) is 8.44. The third-order valence-corrected chi connectivity index (χ3v) is 8.46. The minimum atomic E-state index is -3.75. The molecule has 2 aliphatic heterocycles. The zero-order valence-electron chi connectivity index (χ0n) is 18.5. The van der Waals surface area contributed by atoms with Gasteiger partial charge in [0.25, 0.3) is 5.91 Å². The van der Waals surface area contributed by atoms with E-state index in [1.807, 2.05) is 29.4 Å². The van der Waals surface area contributed by atoms with Crippen LogP contribution in [-0.4, -0.2) is 56.6 Å². The van der Waals surface area contributed by atoms with E-state index < -0.39 is 10.0 Å². The Hall–Kier alpha value is -1.87. The lowest BCUT2D eigenvalue weighted by atomic mass is 10.1. The third-order valence-electron chi connectivity index (χ3n) is 6.27. The summed E-state index contributed by atoms with van der Waals surface area (Å²) < 4.78 is 29.0. The van der Waals surface area contributed by atoms with Crippen molar-refractivity contribution < 1.29 is 13.2 Å². The number of carbonyl (C=O) groups is 1. The number of nitrogens with one attached hydrogen (secondary N) is 1. The maximum atomic E-state index is 13.1. The molecule has 0 unspecified atom stereocenters. The number of sulfonamides is 1. The summed E-state index contributed by atoms with van der Waals surface area (Å²) in [6.07, 6.45) is 6.34. The van der Waals surface area contributed by atoms with E-state index in [1.165, 1.54) is 30.7 Å². The van der Waals surface area contributed by atoms with Gasteiger partial charge in [-0.1, -0.05) is 24.3 Å². The molecule has 8 heteroatoms. The van der Waals surface area contributed by atoms with Crippen molar-refractivity contribution in [1.82, 2.24) is 14.5 Å². The van der Waals surface area contributed by atoms with E-state index in [2.05, 4.69) is 15.7 Å². The van der Waals surface area contributed by atoms with Crippen LogP contribution in [0.4, 0.5) is 0 Å². The van der Waals surface area contributed by atoms with Crippen LogP contribution in [0.5, 0.6) is 0 Å². The van der Waals surface area contributed by atoms with Crippen molar-refractivity contribution >= 4 is 27.7 Å². The predicted molar refractivity (Wildman–Crippen MR) is 128 cm³/mol. The molecule has 2 fully saturated rings. The van der Waals surface area contributed by atoms with Crippen molar-refractivity contribution in [3.05, 3.63) is 59.2 Å². The van der Waals surface area contributed by atoms with Crippen molar-refractivity contribution in [2.75, 3.05) is 32.4 Å². The molecule has 4 rings (SSSR count). The third kappa shape index (κ3) is 5.36. The lowest BCUT2D eigenvalue weighted by molar-refractivity contribution is 0.0789. The maximum absolute atomic E-state index is 13.1. The molecule has 1 amide bonds. The summed E-state index contributed by atoms with van der Waals surface area (Å²) in [4.78, 5) is 18.1. The molecule has 6 nitrogen and oxygen atoms in total. The summed E-state index contributed by atoms with van der Waals surface area (Å²) in [6.45, 7) is 4.72. The first-order chi connectivity index (χ1) is 15.5. The van der Waals surface area contributed by atoms with Crippen LogP contribution in [0, 0.1) is 0 Å². The van der Waals surface area contributed by atoms with Crippen LogP contribution in [0.25, 0.3) is 0 Å². The number of nitrogens with zero attached hydrogens (tertiary/aromatic N) is 2. The molecule has 2 aromatic carbocycles. The van der Waals surface area contributed by atoms with E-state index in [9.17, 15) is 13.2 Å². The number of amides is 1. The van der Waals surface area contributed by atoms with Gasteiger partial charge in [-0.25, -0.2) is 13.1 Å². The fraction of sp³-hybridized carbons (Fsp3) is 0.458. The van der Waals surface area contributed by atoms with Crippen molar-refractivity contribution in [1.29, 1.82) is 0 Å². The summed E-state index contributed by atoms with van der Waals surface area (Å²) in [5.74, 6) is -0.0835. The zero-order chi connectivity index (χ0) is 22.6.